The predicted octanol–water partition coefficient (Wildman–Crippen LogP) is 3.04. The number of aromatic amines is 1. The zero-order valence-corrected chi connectivity index (χ0v) is 14.2. The summed E-state index contributed by atoms with van der Waals surface area (Å²) >= 11 is 1.71. The van der Waals surface area contributed by atoms with Gasteiger partial charge in [0.25, 0.3) is 0 Å². The van der Waals surface area contributed by atoms with Crippen molar-refractivity contribution in [1.29, 1.82) is 0 Å². The Morgan fingerprint density at radius 2 is 2.00 bits per heavy atom. The van der Waals surface area contributed by atoms with Crippen molar-refractivity contribution < 1.29 is 4.79 Å². The molecule has 0 aliphatic heterocycles. The zero-order valence-electron chi connectivity index (χ0n) is 13.4. The van der Waals surface area contributed by atoms with E-state index < -0.39 is 0 Å². The molecular weight excluding hydrogens is 294 g/mol. The Morgan fingerprint density at radius 3 is 2.59 bits per heavy atom. The average Bonchev–Trinajstić information content (AvgIpc) is 2.83. The standard InChI is InChI=1S/C17H23N3OS/c1-12-16(13(2)20-19-12)5-4-10-18-17(21)11-14-6-8-15(22-3)9-7-14/h6-9H,4-5,10-11H2,1-3H3,(H,18,21)(H,19,20). The molecule has 0 radical (unpaired) electrons. The molecule has 1 amide bonds. The molecular formula is C17H23N3OS. The number of carbonyl (C=O) groups excluding carboxylic acids is 1. The number of aryl methyl sites for hydroxylation is 2. The van der Waals surface area contributed by atoms with Crippen LogP contribution in [0.5, 0.6) is 0 Å². The van der Waals surface area contributed by atoms with Crippen molar-refractivity contribution >= 4 is 17.7 Å². The molecule has 0 saturated carbocycles. The fourth-order valence-corrected chi connectivity index (χ4v) is 2.83. The molecule has 0 aliphatic carbocycles. The van der Waals surface area contributed by atoms with Crippen LogP contribution in [0.2, 0.25) is 0 Å². The van der Waals surface area contributed by atoms with Gasteiger partial charge in [0.2, 0.25) is 5.91 Å². The van der Waals surface area contributed by atoms with Gasteiger partial charge >= 0.3 is 0 Å². The molecule has 0 unspecified atom stereocenters. The summed E-state index contributed by atoms with van der Waals surface area (Å²) in [5, 5.41) is 10.2. The third-order valence-electron chi connectivity index (χ3n) is 3.73. The van der Waals surface area contributed by atoms with Crippen LogP contribution in [0, 0.1) is 13.8 Å². The first-order chi connectivity index (χ1) is 10.6. The van der Waals surface area contributed by atoms with Gasteiger partial charge in [0.1, 0.15) is 0 Å². The topological polar surface area (TPSA) is 57.8 Å². The maximum absolute atomic E-state index is 11.9. The van der Waals surface area contributed by atoms with Gasteiger partial charge in [0.15, 0.2) is 0 Å². The van der Waals surface area contributed by atoms with Gasteiger partial charge < -0.3 is 5.32 Å². The van der Waals surface area contributed by atoms with Gasteiger partial charge in [-0.15, -0.1) is 11.8 Å². The van der Waals surface area contributed by atoms with Crippen LogP contribution in [-0.4, -0.2) is 28.9 Å². The van der Waals surface area contributed by atoms with Crippen LogP contribution in [0.4, 0.5) is 0 Å². The average molecular weight is 317 g/mol. The Kier molecular flexibility index (Phi) is 6.07. The largest absolute Gasteiger partial charge is 0.356 e. The molecule has 0 spiro atoms. The smallest absolute Gasteiger partial charge is 0.224 e. The molecule has 0 fully saturated rings. The molecule has 2 N–H and O–H groups in total. The molecule has 0 bridgehead atoms. The molecule has 118 valence electrons. The maximum Gasteiger partial charge on any atom is 0.224 e. The first kappa shape index (κ1) is 16.6. The lowest BCUT2D eigenvalue weighted by Crippen LogP contribution is -2.26. The minimum atomic E-state index is 0.0811. The Balaban J connectivity index is 1.71. The highest BCUT2D eigenvalue weighted by Gasteiger charge is 2.07. The summed E-state index contributed by atoms with van der Waals surface area (Å²) < 4.78 is 0. The van der Waals surface area contributed by atoms with E-state index in [2.05, 4.69) is 27.6 Å². The molecule has 0 saturated heterocycles. The highest BCUT2D eigenvalue weighted by Crippen LogP contribution is 2.15. The molecule has 1 heterocycles. The third-order valence-corrected chi connectivity index (χ3v) is 4.47. The van der Waals surface area contributed by atoms with Crippen LogP contribution in [0.25, 0.3) is 0 Å². The molecule has 2 rings (SSSR count). The van der Waals surface area contributed by atoms with Crippen molar-refractivity contribution in [3.05, 3.63) is 46.8 Å². The molecule has 2 aromatic rings. The van der Waals surface area contributed by atoms with E-state index in [1.54, 1.807) is 11.8 Å². The fourth-order valence-electron chi connectivity index (χ4n) is 2.43. The van der Waals surface area contributed by atoms with E-state index >= 15 is 0 Å². The van der Waals surface area contributed by atoms with E-state index in [1.165, 1.54) is 10.5 Å². The highest BCUT2D eigenvalue weighted by molar-refractivity contribution is 7.98. The molecule has 1 aromatic heterocycles. The number of aromatic nitrogens is 2. The third kappa shape index (κ3) is 4.63. The van der Waals surface area contributed by atoms with Crippen molar-refractivity contribution in [2.45, 2.75) is 38.0 Å². The molecule has 0 atom stereocenters. The van der Waals surface area contributed by atoms with E-state index in [9.17, 15) is 4.79 Å². The number of carbonyl (C=O) groups is 1. The minimum Gasteiger partial charge on any atom is -0.356 e. The molecule has 1 aromatic carbocycles. The van der Waals surface area contributed by atoms with Crippen LogP contribution >= 0.6 is 11.8 Å². The first-order valence-corrected chi connectivity index (χ1v) is 8.72. The predicted molar refractivity (Wildman–Crippen MR) is 91.3 cm³/mol. The first-order valence-electron chi connectivity index (χ1n) is 7.50. The van der Waals surface area contributed by atoms with Crippen molar-refractivity contribution in [3.63, 3.8) is 0 Å². The monoisotopic (exact) mass is 317 g/mol. The van der Waals surface area contributed by atoms with E-state index in [1.807, 2.05) is 32.2 Å². The van der Waals surface area contributed by atoms with Crippen LogP contribution in [-0.2, 0) is 17.6 Å². The second-order valence-corrected chi connectivity index (χ2v) is 6.27. The van der Waals surface area contributed by atoms with Crippen molar-refractivity contribution in [1.82, 2.24) is 15.5 Å². The lowest BCUT2D eigenvalue weighted by Gasteiger charge is -2.06. The summed E-state index contributed by atoms with van der Waals surface area (Å²) in [6.07, 6.45) is 4.36. The summed E-state index contributed by atoms with van der Waals surface area (Å²) in [5.41, 5.74) is 4.49. The van der Waals surface area contributed by atoms with Crippen molar-refractivity contribution in [2.75, 3.05) is 12.8 Å². The van der Waals surface area contributed by atoms with E-state index in [-0.39, 0.29) is 5.91 Å². The molecule has 22 heavy (non-hydrogen) atoms. The van der Waals surface area contributed by atoms with E-state index in [0.717, 1.165) is 29.8 Å². The number of hydrogen-bond donors (Lipinski definition) is 2. The number of nitrogens with zero attached hydrogens (tertiary/aromatic N) is 1. The lowest BCUT2D eigenvalue weighted by molar-refractivity contribution is -0.120. The van der Waals surface area contributed by atoms with Crippen molar-refractivity contribution in [2.24, 2.45) is 0 Å². The van der Waals surface area contributed by atoms with E-state index in [4.69, 9.17) is 0 Å². The SMILES string of the molecule is CSc1ccc(CC(=O)NCCCc2c(C)n[nH]c2C)cc1. The van der Waals surface area contributed by atoms with Gasteiger partial charge in [-0.2, -0.15) is 5.10 Å². The minimum absolute atomic E-state index is 0.0811. The Morgan fingerprint density at radius 1 is 1.27 bits per heavy atom. The summed E-state index contributed by atoms with van der Waals surface area (Å²) in [6.45, 7) is 4.74. The van der Waals surface area contributed by atoms with Crippen LogP contribution in [0.1, 0.15) is 28.9 Å². The normalized spacial score (nSPS) is 10.7. The number of rotatable bonds is 7. The summed E-state index contributed by atoms with van der Waals surface area (Å²) in [6, 6.07) is 8.14. The zero-order chi connectivity index (χ0) is 15.9. The number of amides is 1. The number of H-pyrrole nitrogens is 1. The number of thioether (sulfide) groups is 1. The van der Waals surface area contributed by atoms with Crippen molar-refractivity contribution in [3.8, 4) is 0 Å². The van der Waals surface area contributed by atoms with Crippen LogP contribution < -0.4 is 5.32 Å². The Bertz CT molecular complexity index is 600. The molecule has 0 aliphatic rings. The van der Waals surface area contributed by atoms with Gasteiger partial charge in [-0.3, -0.25) is 9.89 Å². The molecule has 5 heteroatoms. The number of nitrogens with one attached hydrogen (secondary N) is 2. The quantitative estimate of drug-likeness (QED) is 0.609. The van der Waals surface area contributed by atoms with Gasteiger partial charge in [-0.25, -0.2) is 0 Å². The van der Waals surface area contributed by atoms with E-state index in [0.29, 0.717) is 13.0 Å². The highest BCUT2D eigenvalue weighted by atomic mass is 32.2. The Labute approximate surface area is 136 Å². The lowest BCUT2D eigenvalue weighted by atomic mass is 10.1. The van der Waals surface area contributed by atoms with Gasteiger partial charge in [0, 0.05) is 17.1 Å². The van der Waals surface area contributed by atoms with Gasteiger partial charge in [-0.1, -0.05) is 12.1 Å². The molecule has 4 nitrogen and oxygen atoms in total. The fraction of sp³-hybridized carbons (Fsp3) is 0.412. The second kappa shape index (κ2) is 8.03. The maximum atomic E-state index is 11.9. The Hall–Kier alpha value is -1.75. The summed E-state index contributed by atoms with van der Waals surface area (Å²) in [4.78, 5) is 13.1. The number of hydrogen-bond acceptors (Lipinski definition) is 3. The van der Waals surface area contributed by atoms with Gasteiger partial charge in [0.05, 0.1) is 12.1 Å². The van der Waals surface area contributed by atoms with Crippen LogP contribution in [0.15, 0.2) is 29.2 Å². The van der Waals surface area contributed by atoms with Gasteiger partial charge in [-0.05, 0) is 56.2 Å². The summed E-state index contributed by atoms with van der Waals surface area (Å²) in [5.74, 6) is 0.0811. The number of benzene rings is 1. The van der Waals surface area contributed by atoms with Crippen LogP contribution in [0.3, 0.4) is 0 Å². The summed E-state index contributed by atoms with van der Waals surface area (Å²) in [7, 11) is 0. The second-order valence-electron chi connectivity index (χ2n) is 5.39.